The summed E-state index contributed by atoms with van der Waals surface area (Å²) in [5, 5.41) is 13.9. The fourth-order valence-corrected chi connectivity index (χ4v) is 2.69. The van der Waals surface area contributed by atoms with Crippen molar-refractivity contribution in [1.82, 2.24) is 0 Å². The third-order valence-electron chi connectivity index (χ3n) is 4.00. The first kappa shape index (κ1) is 13.8. The average Bonchev–Trinajstić information content (AvgIpc) is 2.34. The van der Waals surface area contributed by atoms with Crippen molar-refractivity contribution in [2.45, 2.75) is 45.6 Å². The Kier molecular flexibility index (Phi) is 3.73. The van der Waals surface area contributed by atoms with E-state index in [1.807, 2.05) is 0 Å². The molecule has 104 valence electrons. The third kappa shape index (κ3) is 3.03. The number of hydrogen-bond acceptors (Lipinski definition) is 3. The van der Waals surface area contributed by atoms with Gasteiger partial charge in [0.05, 0.1) is 10.6 Å². The lowest BCUT2D eigenvalue weighted by Gasteiger charge is -2.39. The van der Waals surface area contributed by atoms with E-state index in [9.17, 15) is 14.5 Å². The summed E-state index contributed by atoms with van der Waals surface area (Å²) in [4.78, 5) is 10.2. The smallest absolute Gasteiger partial charge is 0.271 e. The van der Waals surface area contributed by atoms with Crippen LogP contribution in [0.1, 0.15) is 39.5 Å². The highest BCUT2D eigenvalue weighted by Gasteiger charge is 2.32. The van der Waals surface area contributed by atoms with Crippen LogP contribution in [0.15, 0.2) is 18.2 Å². The number of non-ortho nitro benzene ring substituents is 1. The number of halogens is 1. The maximum Gasteiger partial charge on any atom is 0.271 e. The van der Waals surface area contributed by atoms with Gasteiger partial charge in [-0.2, -0.15) is 0 Å². The molecule has 1 fully saturated rings. The molecule has 1 unspecified atom stereocenters. The van der Waals surface area contributed by atoms with E-state index in [0.29, 0.717) is 0 Å². The molecule has 1 saturated carbocycles. The number of nitro benzene ring substituents is 1. The third-order valence-corrected chi connectivity index (χ3v) is 4.00. The first-order valence-corrected chi connectivity index (χ1v) is 6.60. The van der Waals surface area contributed by atoms with Crippen molar-refractivity contribution in [3.63, 3.8) is 0 Å². The minimum atomic E-state index is -0.503. The predicted molar refractivity (Wildman–Crippen MR) is 72.7 cm³/mol. The van der Waals surface area contributed by atoms with E-state index in [1.54, 1.807) is 0 Å². The number of nitrogens with one attached hydrogen (secondary N) is 1. The molecular formula is C14H19FN2O2. The largest absolute Gasteiger partial charge is 0.379 e. The van der Waals surface area contributed by atoms with E-state index in [0.717, 1.165) is 25.3 Å². The molecule has 1 aromatic rings. The Hall–Kier alpha value is -1.65. The Morgan fingerprint density at radius 1 is 1.42 bits per heavy atom. The van der Waals surface area contributed by atoms with Crippen molar-refractivity contribution in [2.75, 3.05) is 5.32 Å². The summed E-state index contributed by atoms with van der Waals surface area (Å²) in [5.41, 5.74) is 0.224. The van der Waals surface area contributed by atoms with E-state index in [-0.39, 0.29) is 22.8 Å². The minimum Gasteiger partial charge on any atom is -0.379 e. The maximum atomic E-state index is 13.8. The molecule has 19 heavy (non-hydrogen) atoms. The second kappa shape index (κ2) is 5.15. The second-order valence-electron chi connectivity index (χ2n) is 5.85. The summed E-state index contributed by atoms with van der Waals surface area (Å²) in [6.45, 7) is 4.30. The molecule has 0 radical (unpaired) electrons. The van der Waals surface area contributed by atoms with E-state index in [1.165, 1.54) is 18.6 Å². The van der Waals surface area contributed by atoms with Gasteiger partial charge in [0.25, 0.3) is 5.69 Å². The van der Waals surface area contributed by atoms with Crippen molar-refractivity contribution < 1.29 is 9.31 Å². The molecule has 0 heterocycles. The van der Waals surface area contributed by atoms with Crippen LogP contribution in [0.4, 0.5) is 15.8 Å². The van der Waals surface area contributed by atoms with Crippen molar-refractivity contribution in [1.29, 1.82) is 0 Å². The summed E-state index contributed by atoms with van der Waals surface area (Å²) in [6, 6.07) is 3.76. The fourth-order valence-electron chi connectivity index (χ4n) is 2.69. The van der Waals surface area contributed by atoms with E-state index in [4.69, 9.17) is 0 Å². The Balaban J connectivity index is 2.22. The minimum absolute atomic E-state index is 0.0787. The zero-order valence-electron chi connectivity index (χ0n) is 11.3. The van der Waals surface area contributed by atoms with Gasteiger partial charge in [-0.05, 0) is 24.3 Å². The van der Waals surface area contributed by atoms with Gasteiger partial charge in [0.1, 0.15) is 5.82 Å². The molecule has 1 aromatic carbocycles. The molecule has 1 aliphatic rings. The second-order valence-corrected chi connectivity index (χ2v) is 5.85. The van der Waals surface area contributed by atoms with Crippen LogP contribution in [0.2, 0.25) is 0 Å². The van der Waals surface area contributed by atoms with Crippen molar-refractivity contribution in [3.8, 4) is 0 Å². The summed E-state index contributed by atoms with van der Waals surface area (Å²) in [5.74, 6) is -0.438. The van der Waals surface area contributed by atoms with Crippen LogP contribution in [-0.2, 0) is 0 Å². The van der Waals surface area contributed by atoms with Crippen LogP contribution in [0.5, 0.6) is 0 Å². The Bertz CT molecular complexity index is 488. The number of rotatable bonds is 3. The summed E-state index contributed by atoms with van der Waals surface area (Å²) in [6.07, 6.45) is 4.34. The van der Waals surface area contributed by atoms with E-state index in [2.05, 4.69) is 19.2 Å². The lowest BCUT2D eigenvalue weighted by Crippen LogP contribution is -2.39. The van der Waals surface area contributed by atoms with Gasteiger partial charge < -0.3 is 5.32 Å². The average molecular weight is 266 g/mol. The van der Waals surface area contributed by atoms with Gasteiger partial charge in [-0.25, -0.2) is 4.39 Å². The molecule has 2 rings (SSSR count). The van der Waals surface area contributed by atoms with Crippen LogP contribution in [0, 0.1) is 21.3 Å². The zero-order chi connectivity index (χ0) is 14.0. The fraction of sp³-hybridized carbons (Fsp3) is 0.571. The zero-order valence-corrected chi connectivity index (χ0v) is 11.3. The van der Waals surface area contributed by atoms with Crippen LogP contribution >= 0.6 is 0 Å². The molecule has 0 aliphatic heterocycles. The molecule has 0 spiro atoms. The lowest BCUT2D eigenvalue weighted by molar-refractivity contribution is -0.384. The molecular weight excluding hydrogens is 247 g/mol. The highest BCUT2D eigenvalue weighted by molar-refractivity contribution is 5.53. The molecule has 0 amide bonds. The van der Waals surface area contributed by atoms with E-state index >= 15 is 0 Å². The van der Waals surface area contributed by atoms with Gasteiger partial charge in [-0.3, -0.25) is 10.1 Å². The maximum absolute atomic E-state index is 13.8. The topological polar surface area (TPSA) is 55.2 Å². The molecule has 0 aromatic heterocycles. The molecule has 5 heteroatoms. The van der Waals surface area contributed by atoms with Crippen LogP contribution in [0.25, 0.3) is 0 Å². The number of nitro groups is 1. The summed E-state index contributed by atoms with van der Waals surface area (Å²) >= 11 is 0. The van der Waals surface area contributed by atoms with Crippen LogP contribution in [0.3, 0.4) is 0 Å². The quantitative estimate of drug-likeness (QED) is 0.661. The van der Waals surface area contributed by atoms with Gasteiger partial charge in [0.15, 0.2) is 0 Å². The predicted octanol–water partition coefficient (Wildman–Crippen LogP) is 4.11. The Morgan fingerprint density at radius 2 is 2.16 bits per heavy atom. The SMILES string of the molecule is CC1(C)CCCCC1Nc1cc([N+](=O)[O-])ccc1F. The van der Waals surface area contributed by atoms with Gasteiger partial charge in [0, 0.05) is 18.2 Å². The molecule has 0 saturated heterocycles. The number of nitrogens with zero attached hydrogens (tertiary/aromatic N) is 1. The normalized spacial score (nSPS) is 21.9. The molecule has 4 nitrogen and oxygen atoms in total. The molecule has 1 atom stereocenters. The highest BCUT2D eigenvalue weighted by atomic mass is 19.1. The van der Waals surface area contributed by atoms with Gasteiger partial charge in [-0.15, -0.1) is 0 Å². The molecule has 1 N–H and O–H groups in total. The molecule has 1 aliphatic carbocycles. The van der Waals surface area contributed by atoms with Gasteiger partial charge in [-0.1, -0.05) is 26.7 Å². The monoisotopic (exact) mass is 266 g/mol. The molecule has 0 bridgehead atoms. The Labute approximate surface area is 112 Å². The number of benzene rings is 1. The van der Waals surface area contributed by atoms with Crippen LogP contribution < -0.4 is 5.32 Å². The summed E-state index contributed by atoms with van der Waals surface area (Å²) in [7, 11) is 0. The first-order chi connectivity index (χ1) is 8.90. The van der Waals surface area contributed by atoms with Crippen LogP contribution in [-0.4, -0.2) is 11.0 Å². The van der Waals surface area contributed by atoms with Gasteiger partial charge >= 0.3 is 0 Å². The highest BCUT2D eigenvalue weighted by Crippen LogP contribution is 2.38. The number of hydrogen-bond donors (Lipinski definition) is 1. The van der Waals surface area contributed by atoms with Crippen molar-refractivity contribution in [2.24, 2.45) is 5.41 Å². The number of anilines is 1. The lowest BCUT2D eigenvalue weighted by atomic mass is 9.73. The van der Waals surface area contributed by atoms with Gasteiger partial charge in [0.2, 0.25) is 0 Å². The Morgan fingerprint density at radius 3 is 2.79 bits per heavy atom. The van der Waals surface area contributed by atoms with Crippen molar-refractivity contribution >= 4 is 11.4 Å². The standard InChI is InChI=1S/C14H19FN2O2/c1-14(2)8-4-3-5-13(14)16-12-9-10(17(18)19)6-7-11(12)15/h6-7,9,13,16H,3-5,8H2,1-2H3. The first-order valence-electron chi connectivity index (χ1n) is 6.60. The van der Waals surface area contributed by atoms with Crippen molar-refractivity contribution in [3.05, 3.63) is 34.1 Å². The van der Waals surface area contributed by atoms with E-state index < -0.39 is 10.7 Å². The summed E-state index contributed by atoms with van der Waals surface area (Å²) < 4.78 is 13.8.